The van der Waals surface area contributed by atoms with Crippen LogP contribution in [0.15, 0.2) is 35.5 Å². The normalized spacial score (nSPS) is 46.4. The fraction of sp³-hybridized carbons (Fsp3) is 0.690. The van der Waals surface area contributed by atoms with E-state index in [0.29, 0.717) is 37.9 Å². The van der Waals surface area contributed by atoms with Crippen LogP contribution in [0, 0.1) is 10.8 Å². The van der Waals surface area contributed by atoms with E-state index in [1.165, 1.54) is 24.6 Å². The fourth-order valence-electron chi connectivity index (χ4n) is 7.88. The van der Waals surface area contributed by atoms with Crippen molar-refractivity contribution in [1.29, 1.82) is 0 Å². The number of Topliss-reactive ketones (excluding diaryl/α,β-unsaturated/α-hetero) is 1. The minimum absolute atomic E-state index is 0.0483. The van der Waals surface area contributed by atoms with Crippen molar-refractivity contribution in [2.24, 2.45) is 10.8 Å². The lowest BCUT2D eigenvalue weighted by molar-refractivity contribution is -0.232. The van der Waals surface area contributed by atoms with Crippen molar-refractivity contribution < 1.29 is 43.2 Å². The molecule has 0 amide bonds. The van der Waals surface area contributed by atoms with Crippen LogP contribution in [0.4, 0.5) is 0 Å². The van der Waals surface area contributed by atoms with Crippen LogP contribution < -0.4 is 0 Å². The number of cyclic esters (lactones) is 1. The van der Waals surface area contributed by atoms with Gasteiger partial charge in [0.2, 0.25) is 0 Å². The van der Waals surface area contributed by atoms with Gasteiger partial charge in [-0.2, -0.15) is 0 Å². The van der Waals surface area contributed by atoms with Crippen LogP contribution in [0.3, 0.4) is 0 Å². The first kappa shape index (κ1) is 25.9. The van der Waals surface area contributed by atoms with E-state index in [1.807, 2.05) is 0 Å². The van der Waals surface area contributed by atoms with E-state index in [0.717, 1.165) is 6.42 Å². The molecule has 9 nitrogen and oxygen atoms in total. The highest BCUT2D eigenvalue weighted by Gasteiger charge is 2.83. The molecule has 1 N–H and O–H groups in total. The number of aliphatic hydroxyl groups excluding tert-OH is 1. The topological polar surface area (TPSA) is 121 Å². The molecule has 2 spiro atoms. The molecular weight excluding hydrogens is 492 g/mol. The zero-order valence-electron chi connectivity index (χ0n) is 22.2. The maximum absolute atomic E-state index is 13.2. The van der Waals surface area contributed by atoms with E-state index >= 15 is 0 Å². The molecule has 4 aliphatic heterocycles. The zero-order chi connectivity index (χ0) is 26.9. The van der Waals surface area contributed by atoms with Gasteiger partial charge in [-0.3, -0.25) is 4.79 Å². The summed E-state index contributed by atoms with van der Waals surface area (Å²) in [5, 5.41) is 11.2. The molecular formula is C29H36O9. The van der Waals surface area contributed by atoms with Gasteiger partial charge in [-0.25, -0.2) is 9.59 Å². The summed E-state index contributed by atoms with van der Waals surface area (Å²) in [5.41, 5.74) is -1.77. The number of epoxide rings is 1. The summed E-state index contributed by atoms with van der Waals surface area (Å²) >= 11 is 0. The molecule has 1 saturated carbocycles. The third-order valence-electron chi connectivity index (χ3n) is 10.3. The summed E-state index contributed by atoms with van der Waals surface area (Å²) in [7, 11) is 0. The summed E-state index contributed by atoms with van der Waals surface area (Å²) in [6.07, 6.45) is 6.90. The Balaban J connectivity index is 1.42. The van der Waals surface area contributed by atoms with E-state index in [4.69, 9.17) is 23.7 Å². The van der Waals surface area contributed by atoms with E-state index in [-0.39, 0.29) is 37.6 Å². The average Bonchev–Trinajstić information content (AvgIpc) is 3.65. The van der Waals surface area contributed by atoms with E-state index in [9.17, 15) is 19.5 Å². The fourth-order valence-corrected chi connectivity index (χ4v) is 7.88. The average molecular weight is 529 g/mol. The van der Waals surface area contributed by atoms with Crippen LogP contribution in [-0.2, 0) is 38.1 Å². The number of esters is 2. The van der Waals surface area contributed by atoms with Crippen molar-refractivity contribution in [3.8, 4) is 0 Å². The lowest BCUT2D eigenvalue weighted by Gasteiger charge is -2.58. The summed E-state index contributed by atoms with van der Waals surface area (Å²) in [5.74, 6) is -1.41. The molecule has 6 aliphatic rings. The van der Waals surface area contributed by atoms with Gasteiger partial charge < -0.3 is 28.8 Å². The highest BCUT2D eigenvalue weighted by molar-refractivity contribution is 5.88. The largest absolute Gasteiger partial charge is 0.462 e. The lowest BCUT2D eigenvalue weighted by Crippen LogP contribution is -2.66. The Kier molecular flexibility index (Phi) is 6.03. The number of ketones is 1. The number of fused-ring (bicyclic) bond motifs is 2. The van der Waals surface area contributed by atoms with Crippen LogP contribution in [0.5, 0.6) is 0 Å². The molecule has 4 fully saturated rings. The quantitative estimate of drug-likeness (QED) is 0.311. The molecule has 2 aliphatic carbocycles. The Morgan fingerprint density at radius 2 is 1.87 bits per heavy atom. The van der Waals surface area contributed by atoms with Gasteiger partial charge in [0.15, 0.2) is 11.4 Å². The zero-order valence-corrected chi connectivity index (χ0v) is 22.2. The maximum atomic E-state index is 13.2. The van der Waals surface area contributed by atoms with E-state index < -0.39 is 46.2 Å². The van der Waals surface area contributed by atoms with Gasteiger partial charge in [0, 0.05) is 24.0 Å². The number of carbonyl (C=O) groups is 3. The van der Waals surface area contributed by atoms with Crippen LogP contribution in [0.2, 0.25) is 0 Å². The number of hydrogen-bond donors (Lipinski definition) is 1. The second-order valence-electron chi connectivity index (χ2n) is 12.0. The summed E-state index contributed by atoms with van der Waals surface area (Å²) in [6, 6.07) is 0. The molecule has 4 heterocycles. The first-order chi connectivity index (χ1) is 18.1. The Bertz CT molecular complexity index is 1150. The van der Waals surface area contributed by atoms with Crippen molar-refractivity contribution in [3.63, 3.8) is 0 Å². The van der Waals surface area contributed by atoms with Crippen molar-refractivity contribution in [1.82, 2.24) is 0 Å². The summed E-state index contributed by atoms with van der Waals surface area (Å²) in [6.45, 7) is 6.28. The Hall–Kier alpha value is -2.33. The van der Waals surface area contributed by atoms with E-state index in [1.54, 1.807) is 6.08 Å². The van der Waals surface area contributed by atoms with E-state index in [2.05, 4.69) is 19.9 Å². The predicted molar refractivity (Wildman–Crippen MR) is 133 cm³/mol. The third-order valence-corrected chi connectivity index (χ3v) is 10.3. The third kappa shape index (κ3) is 3.48. The van der Waals surface area contributed by atoms with Crippen LogP contribution >= 0.6 is 0 Å². The monoisotopic (exact) mass is 528 g/mol. The second kappa shape index (κ2) is 8.84. The van der Waals surface area contributed by atoms with Gasteiger partial charge in [-0.05, 0) is 51.5 Å². The number of rotatable bonds is 1. The molecule has 0 aromatic rings. The standard InChI is InChI=1S/C29H36O9/c1-17-7-10-27-15-34-24(32)13-19-8-11-35-28(18(2)30,25(19)33)9-5-4-6-23(31)38-20-14-22(37-21(27)12-17)29(16-36-29)26(20,27)3/h4,6,12-13,20-22,25,33H,5,7-11,14-16H2,1-3H3/t20?,21-,22?,25?,26-,27-,28+,29+/m1/s1. The molecule has 0 aromatic heterocycles. The van der Waals surface area contributed by atoms with Gasteiger partial charge in [0.1, 0.15) is 24.4 Å². The smallest absolute Gasteiger partial charge is 0.330 e. The number of carbonyl (C=O) groups excluding carboxylic acids is 3. The summed E-state index contributed by atoms with van der Waals surface area (Å²) < 4.78 is 30.6. The molecule has 9 heteroatoms. The van der Waals surface area contributed by atoms with Crippen molar-refractivity contribution >= 4 is 17.7 Å². The molecule has 3 saturated heterocycles. The molecule has 0 aromatic carbocycles. The SMILES string of the molecule is CC(=O)[C@]12CCC=CC(=O)OC3CC4O[C@@H]5C=C(C)CC[C@]5(COC(=O)C=C(CCO1)C2O)[C@]3(C)[C@]41CO1. The number of allylic oxidation sites excluding steroid dienone is 2. The molecule has 0 radical (unpaired) electrons. The van der Waals surface area contributed by atoms with Gasteiger partial charge in [-0.1, -0.05) is 24.6 Å². The highest BCUT2D eigenvalue weighted by atomic mass is 16.6. The molecule has 6 rings (SSSR count). The predicted octanol–water partition coefficient (Wildman–Crippen LogP) is 2.50. The molecule has 206 valence electrons. The van der Waals surface area contributed by atoms with Gasteiger partial charge in [-0.15, -0.1) is 0 Å². The number of ether oxygens (including phenoxy) is 5. The number of aliphatic hydroxyl groups is 1. The minimum Gasteiger partial charge on any atom is -0.462 e. The van der Waals surface area contributed by atoms with Crippen molar-refractivity contribution in [2.45, 2.75) is 94.9 Å². The molecule has 3 unspecified atom stereocenters. The lowest BCUT2D eigenvalue weighted by atomic mass is 9.51. The van der Waals surface area contributed by atoms with Crippen molar-refractivity contribution in [3.05, 3.63) is 35.5 Å². The Morgan fingerprint density at radius 3 is 2.61 bits per heavy atom. The highest BCUT2D eigenvalue weighted by Crippen LogP contribution is 2.72. The van der Waals surface area contributed by atoms with Crippen LogP contribution in [-0.4, -0.2) is 78.3 Å². The van der Waals surface area contributed by atoms with Gasteiger partial charge in [0.05, 0.1) is 30.8 Å². The summed E-state index contributed by atoms with van der Waals surface area (Å²) in [4.78, 5) is 38.9. The molecule has 8 atom stereocenters. The minimum atomic E-state index is -1.49. The first-order valence-electron chi connectivity index (χ1n) is 13.6. The van der Waals surface area contributed by atoms with Gasteiger partial charge in [0.25, 0.3) is 0 Å². The first-order valence-corrected chi connectivity index (χ1v) is 13.6. The molecule has 4 bridgehead atoms. The van der Waals surface area contributed by atoms with Crippen LogP contribution in [0.25, 0.3) is 0 Å². The van der Waals surface area contributed by atoms with Gasteiger partial charge >= 0.3 is 11.9 Å². The molecule has 38 heavy (non-hydrogen) atoms. The second-order valence-corrected chi connectivity index (χ2v) is 12.0. The van der Waals surface area contributed by atoms with Crippen molar-refractivity contribution in [2.75, 3.05) is 19.8 Å². The van der Waals surface area contributed by atoms with Crippen LogP contribution in [0.1, 0.15) is 59.3 Å². The Morgan fingerprint density at radius 1 is 1.08 bits per heavy atom. The number of hydrogen-bond acceptors (Lipinski definition) is 9. The maximum Gasteiger partial charge on any atom is 0.330 e. The Labute approximate surface area is 222 Å².